The van der Waals surface area contributed by atoms with Gasteiger partial charge in [-0.3, -0.25) is 9.59 Å². The number of thioether (sulfide) groups is 1. The second kappa shape index (κ2) is 9.23. The van der Waals surface area contributed by atoms with Gasteiger partial charge in [0.1, 0.15) is 10.8 Å². The lowest BCUT2D eigenvalue weighted by molar-refractivity contribution is -0.115. The van der Waals surface area contributed by atoms with Crippen LogP contribution in [-0.4, -0.2) is 31.8 Å². The van der Waals surface area contributed by atoms with Crippen LogP contribution in [0.5, 0.6) is 0 Å². The highest BCUT2D eigenvalue weighted by molar-refractivity contribution is 8.00. The van der Waals surface area contributed by atoms with Crippen molar-refractivity contribution in [3.63, 3.8) is 0 Å². The molecule has 1 aliphatic carbocycles. The van der Waals surface area contributed by atoms with Crippen molar-refractivity contribution < 1.29 is 9.59 Å². The van der Waals surface area contributed by atoms with Crippen LogP contribution in [0.1, 0.15) is 52.5 Å². The van der Waals surface area contributed by atoms with Gasteiger partial charge in [-0.25, -0.2) is 0 Å². The van der Waals surface area contributed by atoms with E-state index in [4.69, 9.17) is 5.73 Å². The summed E-state index contributed by atoms with van der Waals surface area (Å²) in [6, 6.07) is 10.1. The minimum absolute atomic E-state index is 0.178. The van der Waals surface area contributed by atoms with E-state index in [0.717, 1.165) is 47.6 Å². The van der Waals surface area contributed by atoms with Crippen molar-refractivity contribution in [1.82, 2.24) is 14.8 Å². The number of primary amides is 1. The fourth-order valence-electron chi connectivity index (χ4n) is 3.81. The van der Waals surface area contributed by atoms with Crippen LogP contribution in [0.15, 0.2) is 35.5 Å². The lowest BCUT2D eigenvalue weighted by Crippen LogP contribution is -2.24. The van der Waals surface area contributed by atoms with Gasteiger partial charge in [0.05, 0.1) is 10.8 Å². The van der Waals surface area contributed by atoms with Crippen LogP contribution in [0, 0.1) is 0 Å². The molecule has 0 fully saturated rings. The summed E-state index contributed by atoms with van der Waals surface area (Å²) >= 11 is 2.83. The largest absolute Gasteiger partial charge is 0.365 e. The Labute approximate surface area is 189 Å². The first-order chi connectivity index (χ1) is 15.0. The van der Waals surface area contributed by atoms with Gasteiger partial charge in [0, 0.05) is 17.8 Å². The van der Waals surface area contributed by atoms with E-state index in [1.165, 1.54) is 23.1 Å². The first kappa shape index (κ1) is 21.6. The molecule has 1 atom stereocenters. The van der Waals surface area contributed by atoms with E-state index >= 15 is 0 Å². The molecule has 0 radical (unpaired) electrons. The summed E-state index contributed by atoms with van der Waals surface area (Å²) in [7, 11) is 0. The maximum atomic E-state index is 12.9. The van der Waals surface area contributed by atoms with E-state index in [9.17, 15) is 9.59 Å². The fraction of sp³-hybridized carbons (Fsp3) is 0.364. The van der Waals surface area contributed by atoms with E-state index in [1.54, 1.807) is 0 Å². The maximum Gasteiger partial charge on any atom is 0.251 e. The molecule has 9 heteroatoms. The van der Waals surface area contributed by atoms with Gasteiger partial charge in [-0.1, -0.05) is 42.1 Å². The molecule has 31 heavy (non-hydrogen) atoms. The third kappa shape index (κ3) is 4.52. The monoisotopic (exact) mass is 455 g/mol. The molecule has 4 rings (SSSR count). The molecule has 162 valence electrons. The number of hydrogen-bond acceptors (Lipinski definition) is 6. The first-order valence-electron chi connectivity index (χ1n) is 10.4. The van der Waals surface area contributed by atoms with Gasteiger partial charge in [-0.2, -0.15) is 0 Å². The zero-order valence-corrected chi connectivity index (χ0v) is 19.2. The number of benzene rings is 1. The number of aromatic nitrogens is 3. The Bertz CT molecular complexity index is 1110. The molecule has 0 spiro atoms. The Balaban J connectivity index is 1.47. The number of anilines is 1. The molecule has 3 N–H and O–H groups in total. The zero-order chi connectivity index (χ0) is 22.0. The zero-order valence-electron chi connectivity index (χ0n) is 17.6. The highest BCUT2D eigenvalue weighted by Crippen LogP contribution is 2.39. The van der Waals surface area contributed by atoms with Gasteiger partial charge < -0.3 is 15.6 Å². The predicted octanol–water partition coefficient (Wildman–Crippen LogP) is 3.66. The van der Waals surface area contributed by atoms with Crippen molar-refractivity contribution in [3.05, 3.63) is 57.7 Å². The molecule has 0 aliphatic heterocycles. The van der Waals surface area contributed by atoms with E-state index in [2.05, 4.69) is 27.6 Å². The quantitative estimate of drug-likeness (QED) is 0.505. The van der Waals surface area contributed by atoms with Crippen LogP contribution < -0.4 is 11.1 Å². The van der Waals surface area contributed by atoms with Crippen LogP contribution in [-0.2, 0) is 30.6 Å². The summed E-state index contributed by atoms with van der Waals surface area (Å²) in [5, 5.41) is 12.5. The van der Waals surface area contributed by atoms with Crippen molar-refractivity contribution in [2.45, 2.75) is 56.5 Å². The van der Waals surface area contributed by atoms with Gasteiger partial charge in [-0.15, -0.1) is 21.5 Å². The minimum Gasteiger partial charge on any atom is -0.365 e. The number of nitrogens with one attached hydrogen (secondary N) is 1. The molecular weight excluding hydrogens is 430 g/mol. The summed E-state index contributed by atoms with van der Waals surface area (Å²) in [4.78, 5) is 26.0. The lowest BCUT2D eigenvalue weighted by Gasteiger charge is -2.13. The summed E-state index contributed by atoms with van der Waals surface area (Å²) in [6.07, 6.45) is 3.49. The Morgan fingerprint density at radius 2 is 2.03 bits per heavy atom. The molecule has 0 bridgehead atoms. The van der Waals surface area contributed by atoms with Crippen molar-refractivity contribution in [2.24, 2.45) is 5.73 Å². The Morgan fingerprint density at radius 1 is 1.26 bits per heavy atom. The molecule has 0 saturated carbocycles. The SMILES string of the molecule is CCn1c(Cc2ccccc2)nnc1S[C@@H](C)C(=O)Nc1sc2c(c1C(N)=O)CCC2. The average molecular weight is 456 g/mol. The third-order valence-corrected chi connectivity index (χ3v) is 7.66. The van der Waals surface area contributed by atoms with Gasteiger partial charge in [-0.05, 0) is 44.2 Å². The molecule has 1 aliphatic rings. The number of aryl methyl sites for hydroxylation is 1. The van der Waals surface area contributed by atoms with Crippen LogP contribution >= 0.6 is 23.1 Å². The van der Waals surface area contributed by atoms with Crippen molar-refractivity contribution >= 4 is 39.9 Å². The molecule has 0 unspecified atom stereocenters. The molecule has 2 aromatic heterocycles. The molecule has 2 heterocycles. The van der Waals surface area contributed by atoms with Gasteiger partial charge in [0.2, 0.25) is 5.91 Å². The van der Waals surface area contributed by atoms with Crippen LogP contribution in [0.25, 0.3) is 0 Å². The highest BCUT2D eigenvalue weighted by atomic mass is 32.2. The third-order valence-electron chi connectivity index (χ3n) is 5.37. The Morgan fingerprint density at radius 3 is 2.74 bits per heavy atom. The van der Waals surface area contributed by atoms with Crippen molar-refractivity contribution in [1.29, 1.82) is 0 Å². The second-order valence-corrected chi connectivity index (χ2v) is 9.89. The number of nitrogens with two attached hydrogens (primary N) is 1. The topological polar surface area (TPSA) is 103 Å². The van der Waals surface area contributed by atoms with Gasteiger partial charge in [0.25, 0.3) is 5.91 Å². The van der Waals surface area contributed by atoms with Crippen LogP contribution in [0.3, 0.4) is 0 Å². The summed E-state index contributed by atoms with van der Waals surface area (Å²) in [6.45, 7) is 4.59. The summed E-state index contributed by atoms with van der Waals surface area (Å²) in [5.41, 5.74) is 8.25. The molecule has 7 nitrogen and oxygen atoms in total. The van der Waals surface area contributed by atoms with Crippen molar-refractivity contribution in [2.75, 3.05) is 5.32 Å². The number of rotatable bonds is 8. The molecular formula is C22H25N5O2S2. The van der Waals surface area contributed by atoms with Gasteiger partial charge in [0.15, 0.2) is 5.16 Å². The number of thiophene rings is 1. The van der Waals surface area contributed by atoms with E-state index in [0.29, 0.717) is 22.1 Å². The Kier molecular flexibility index (Phi) is 6.43. The normalized spacial score (nSPS) is 13.7. The van der Waals surface area contributed by atoms with E-state index in [1.807, 2.05) is 36.6 Å². The average Bonchev–Trinajstić information content (AvgIpc) is 3.43. The molecule has 3 aromatic rings. The first-order valence-corrected chi connectivity index (χ1v) is 12.0. The number of carbonyl (C=O) groups is 2. The summed E-state index contributed by atoms with van der Waals surface area (Å²) < 4.78 is 2.04. The maximum absolute atomic E-state index is 12.9. The number of fused-ring (bicyclic) bond motifs is 1. The van der Waals surface area contributed by atoms with E-state index < -0.39 is 11.2 Å². The molecule has 0 saturated heterocycles. The number of amides is 2. The van der Waals surface area contributed by atoms with Crippen LogP contribution in [0.2, 0.25) is 0 Å². The molecule has 2 amide bonds. The number of carbonyl (C=O) groups excluding carboxylic acids is 2. The van der Waals surface area contributed by atoms with Gasteiger partial charge >= 0.3 is 0 Å². The minimum atomic E-state index is -0.480. The predicted molar refractivity (Wildman–Crippen MR) is 124 cm³/mol. The number of nitrogens with zero attached hydrogens (tertiary/aromatic N) is 3. The number of hydrogen-bond donors (Lipinski definition) is 2. The summed E-state index contributed by atoms with van der Waals surface area (Å²) in [5.74, 6) is 0.212. The fourth-order valence-corrected chi connectivity index (χ4v) is 6.04. The smallest absolute Gasteiger partial charge is 0.251 e. The molecule has 1 aromatic carbocycles. The van der Waals surface area contributed by atoms with E-state index in [-0.39, 0.29) is 5.91 Å². The highest BCUT2D eigenvalue weighted by Gasteiger charge is 2.28. The Hall–Kier alpha value is -2.65. The van der Waals surface area contributed by atoms with Crippen LogP contribution in [0.4, 0.5) is 5.00 Å². The standard InChI is InChI=1S/C22H25N5O2S2/c1-3-27-17(12-14-8-5-4-6-9-14)25-26-22(27)30-13(2)20(29)24-21-18(19(23)28)15-10-7-11-16(15)31-21/h4-6,8-9,13H,3,7,10-12H2,1-2H3,(H2,23,28)(H,24,29)/t13-/m0/s1. The second-order valence-electron chi connectivity index (χ2n) is 7.48. The lowest BCUT2D eigenvalue weighted by atomic mass is 10.1. The van der Waals surface area contributed by atoms with Crippen molar-refractivity contribution in [3.8, 4) is 0 Å².